The van der Waals surface area contributed by atoms with Crippen molar-refractivity contribution in [3.8, 4) is 0 Å². The lowest BCUT2D eigenvalue weighted by Crippen LogP contribution is -2.38. The van der Waals surface area contributed by atoms with Gasteiger partial charge >= 0.3 is 0 Å². The van der Waals surface area contributed by atoms with Crippen LogP contribution in [0.1, 0.15) is 32.2 Å². The third-order valence-electron chi connectivity index (χ3n) is 2.36. The third kappa shape index (κ3) is 5.81. The maximum atomic E-state index is 5.10. The van der Waals surface area contributed by atoms with E-state index in [0.717, 1.165) is 18.0 Å². The van der Waals surface area contributed by atoms with Crippen LogP contribution in [-0.2, 0) is 17.9 Å². The van der Waals surface area contributed by atoms with Crippen molar-refractivity contribution in [2.24, 2.45) is 0 Å². The molecule has 2 N–H and O–H groups in total. The van der Waals surface area contributed by atoms with Crippen molar-refractivity contribution in [1.82, 2.24) is 15.8 Å². The van der Waals surface area contributed by atoms with Crippen molar-refractivity contribution in [3.63, 3.8) is 0 Å². The Morgan fingerprint density at radius 2 is 2.12 bits per heavy atom. The molecule has 0 aliphatic heterocycles. The molecule has 1 atom stereocenters. The Kier molecular flexibility index (Phi) is 6.18. The fraction of sp³-hybridized carbons (Fsp3) is 0.750. The SMILES string of the molecule is COCc1cc(CNC(C)CNC(C)C)no1. The number of aromatic nitrogens is 1. The summed E-state index contributed by atoms with van der Waals surface area (Å²) in [5, 5.41) is 10.7. The molecular formula is C12H23N3O2. The molecule has 0 fully saturated rings. The highest BCUT2D eigenvalue weighted by molar-refractivity contribution is 5.04. The fourth-order valence-corrected chi connectivity index (χ4v) is 1.41. The van der Waals surface area contributed by atoms with E-state index < -0.39 is 0 Å². The monoisotopic (exact) mass is 241 g/mol. The van der Waals surface area contributed by atoms with Crippen molar-refractivity contribution in [2.75, 3.05) is 13.7 Å². The van der Waals surface area contributed by atoms with Crippen molar-refractivity contribution >= 4 is 0 Å². The van der Waals surface area contributed by atoms with Crippen LogP contribution in [0.2, 0.25) is 0 Å². The lowest BCUT2D eigenvalue weighted by atomic mass is 10.3. The number of hydrogen-bond acceptors (Lipinski definition) is 5. The molecule has 0 spiro atoms. The first kappa shape index (κ1) is 14.2. The molecule has 0 aromatic carbocycles. The van der Waals surface area contributed by atoms with Crippen molar-refractivity contribution in [2.45, 2.75) is 46.0 Å². The van der Waals surface area contributed by atoms with Crippen LogP contribution in [0, 0.1) is 0 Å². The molecule has 1 aromatic rings. The highest BCUT2D eigenvalue weighted by atomic mass is 16.5. The fourth-order valence-electron chi connectivity index (χ4n) is 1.41. The average molecular weight is 241 g/mol. The van der Waals surface area contributed by atoms with E-state index in [2.05, 4.69) is 36.6 Å². The molecule has 5 heteroatoms. The van der Waals surface area contributed by atoms with Crippen LogP contribution in [0.5, 0.6) is 0 Å². The number of ether oxygens (including phenoxy) is 1. The zero-order chi connectivity index (χ0) is 12.7. The van der Waals surface area contributed by atoms with E-state index in [-0.39, 0.29) is 0 Å². The van der Waals surface area contributed by atoms with Gasteiger partial charge in [-0.2, -0.15) is 0 Å². The van der Waals surface area contributed by atoms with Crippen molar-refractivity contribution in [3.05, 3.63) is 17.5 Å². The number of rotatable bonds is 8. The van der Waals surface area contributed by atoms with E-state index in [0.29, 0.717) is 25.2 Å². The molecule has 0 saturated heterocycles. The van der Waals surface area contributed by atoms with E-state index in [4.69, 9.17) is 9.26 Å². The maximum absolute atomic E-state index is 5.10. The van der Waals surface area contributed by atoms with Gasteiger partial charge in [0, 0.05) is 38.3 Å². The summed E-state index contributed by atoms with van der Waals surface area (Å²) < 4.78 is 10.1. The van der Waals surface area contributed by atoms with E-state index in [1.165, 1.54) is 0 Å². The maximum Gasteiger partial charge on any atom is 0.162 e. The number of methoxy groups -OCH3 is 1. The minimum absolute atomic E-state index is 0.403. The summed E-state index contributed by atoms with van der Waals surface area (Å²) in [7, 11) is 1.64. The van der Waals surface area contributed by atoms with Crippen LogP contribution in [0.15, 0.2) is 10.6 Å². The summed E-state index contributed by atoms with van der Waals surface area (Å²) in [6.45, 7) is 8.56. The van der Waals surface area contributed by atoms with Crippen LogP contribution >= 0.6 is 0 Å². The van der Waals surface area contributed by atoms with Crippen LogP contribution in [-0.4, -0.2) is 30.9 Å². The van der Waals surface area contributed by atoms with Crippen LogP contribution < -0.4 is 10.6 Å². The molecule has 0 aliphatic carbocycles. The van der Waals surface area contributed by atoms with E-state index >= 15 is 0 Å². The zero-order valence-corrected chi connectivity index (χ0v) is 11.1. The highest BCUT2D eigenvalue weighted by Gasteiger charge is 2.06. The minimum Gasteiger partial charge on any atom is -0.377 e. The van der Waals surface area contributed by atoms with Gasteiger partial charge in [0.1, 0.15) is 6.61 Å². The first-order valence-corrected chi connectivity index (χ1v) is 6.02. The second-order valence-electron chi connectivity index (χ2n) is 4.56. The van der Waals surface area contributed by atoms with E-state index in [1.54, 1.807) is 7.11 Å². The summed E-state index contributed by atoms with van der Waals surface area (Å²) >= 11 is 0. The Hall–Kier alpha value is -0.910. The second-order valence-corrected chi connectivity index (χ2v) is 4.56. The molecule has 0 amide bonds. The Morgan fingerprint density at radius 3 is 2.76 bits per heavy atom. The third-order valence-corrected chi connectivity index (χ3v) is 2.36. The summed E-state index contributed by atoms with van der Waals surface area (Å²) in [5.74, 6) is 0.761. The second kappa shape index (κ2) is 7.42. The van der Waals surface area contributed by atoms with Gasteiger partial charge in [-0.05, 0) is 6.92 Å². The first-order chi connectivity index (χ1) is 8.11. The van der Waals surface area contributed by atoms with Gasteiger partial charge in [0.25, 0.3) is 0 Å². The van der Waals surface area contributed by atoms with Gasteiger partial charge < -0.3 is 19.9 Å². The largest absolute Gasteiger partial charge is 0.377 e. The molecule has 0 saturated carbocycles. The van der Waals surface area contributed by atoms with Crippen molar-refractivity contribution in [1.29, 1.82) is 0 Å². The van der Waals surface area contributed by atoms with Crippen molar-refractivity contribution < 1.29 is 9.26 Å². The molecule has 5 nitrogen and oxygen atoms in total. The normalized spacial score (nSPS) is 13.2. The molecule has 1 unspecified atom stereocenters. The molecular weight excluding hydrogens is 218 g/mol. The van der Waals surface area contributed by atoms with Gasteiger partial charge in [0.15, 0.2) is 5.76 Å². The molecule has 0 bridgehead atoms. The Bertz CT molecular complexity index is 312. The predicted octanol–water partition coefficient (Wildman–Crippen LogP) is 1.30. The van der Waals surface area contributed by atoms with Gasteiger partial charge in [-0.3, -0.25) is 0 Å². The van der Waals surface area contributed by atoms with Gasteiger partial charge in [-0.15, -0.1) is 0 Å². The molecule has 17 heavy (non-hydrogen) atoms. The molecule has 98 valence electrons. The summed E-state index contributed by atoms with van der Waals surface area (Å²) in [6, 6.07) is 2.83. The lowest BCUT2D eigenvalue weighted by molar-refractivity contribution is 0.155. The summed E-state index contributed by atoms with van der Waals surface area (Å²) in [6.07, 6.45) is 0. The number of hydrogen-bond donors (Lipinski definition) is 2. The quantitative estimate of drug-likeness (QED) is 0.718. The summed E-state index contributed by atoms with van der Waals surface area (Å²) in [4.78, 5) is 0. The topological polar surface area (TPSA) is 59.3 Å². The standard InChI is InChI=1S/C12H23N3O2/c1-9(2)13-6-10(3)14-7-11-5-12(8-16-4)17-15-11/h5,9-10,13-14H,6-8H2,1-4H3. The highest BCUT2D eigenvalue weighted by Crippen LogP contribution is 2.04. The van der Waals surface area contributed by atoms with Gasteiger partial charge in [-0.1, -0.05) is 19.0 Å². The zero-order valence-electron chi connectivity index (χ0n) is 11.1. The first-order valence-electron chi connectivity index (χ1n) is 6.02. The predicted molar refractivity (Wildman–Crippen MR) is 66.7 cm³/mol. The molecule has 1 heterocycles. The van der Waals surface area contributed by atoms with Gasteiger partial charge in [0.2, 0.25) is 0 Å². The Balaban J connectivity index is 2.24. The van der Waals surface area contributed by atoms with Gasteiger partial charge in [0.05, 0.1) is 5.69 Å². The number of nitrogens with zero attached hydrogens (tertiary/aromatic N) is 1. The Labute approximate surface area is 103 Å². The molecule has 1 rings (SSSR count). The lowest BCUT2D eigenvalue weighted by Gasteiger charge is -2.15. The van der Waals surface area contributed by atoms with E-state index in [1.807, 2.05) is 6.07 Å². The minimum atomic E-state index is 0.403. The van der Waals surface area contributed by atoms with Gasteiger partial charge in [-0.25, -0.2) is 0 Å². The molecule has 0 aliphatic rings. The molecule has 1 aromatic heterocycles. The smallest absolute Gasteiger partial charge is 0.162 e. The number of nitrogens with one attached hydrogen (secondary N) is 2. The van der Waals surface area contributed by atoms with Crippen LogP contribution in [0.3, 0.4) is 0 Å². The van der Waals surface area contributed by atoms with Crippen LogP contribution in [0.4, 0.5) is 0 Å². The molecule has 0 radical (unpaired) electrons. The van der Waals surface area contributed by atoms with E-state index in [9.17, 15) is 0 Å². The average Bonchev–Trinajstić information content (AvgIpc) is 2.72. The Morgan fingerprint density at radius 1 is 1.35 bits per heavy atom. The summed E-state index contributed by atoms with van der Waals surface area (Å²) in [5.41, 5.74) is 0.911. The van der Waals surface area contributed by atoms with Crippen LogP contribution in [0.25, 0.3) is 0 Å².